The third kappa shape index (κ3) is 5.44. The number of aliphatic hydroxyl groups excluding tert-OH is 1. The molecule has 2 aromatic heterocycles. The molecule has 34 heavy (non-hydrogen) atoms. The van der Waals surface area contributed by atoms with E-state index >= 15 is 0 Å². The minimum atomic E-state index is 0.187. The van der Waals surface area contributed by atoms with E-state index in [-0.39, 0.29) is 12.6 Å². The highest BCUT2D eigenvalue weighted by Gasteiger charge is 2.22. The average Bonchev–Trinajstić information content (AvgIpc) is 2.83. The second-order valence-corrected chi connectivity index (χ2v) is 9.38. The molecule has 7 heteroatoms. The van der Waals surface area contributed by atoms with Crippen molar-refractivity contribution in [2.45, 2.75) is 32.7 Å². The van der Waals surface area contributed by atoms with Crippen molar-refractivity contribution in [3.05, 3.63) is 71.0 Å². The molecule has 0 aliphatic heterocycles. The Hall–Kier alpha value is -2.44. The maximum absolute atomic E-state index is 9.32. The summed E-state index contributed by atoms with van der Waals surface area (Å²) in [7, 11) is 0. The molecule has 4 aromatic rings. The van der Waals surface area contributed by atoms with Crippen molar-refractivity contribution >= 4 is 56.4 Å². The van der Waals surface area contributed by atoms with Crippen molar-refractivity contribution in [1.29, 1.82) is 0 Å². The number of nitrogens with zero attached hydrogens (tertiary/aromatic N) is 4. The van der Waals surface area contributed by atoms with Gasteiger partial charge in [-0.25, -0.2) is 0 Å². The molecule has 2 heterocycles. The Morgan fingerprint density at radius 2 is 1.41 bits per heavy atom. The van der Waals surface area contributed by atoms with Crippen molar-refractivity contribution in [2.75, 3.05) is 31.1 Å². The van der Waals surface area contributed by atoms with Crippen molar-refractivity contribution < 1.29 is 5.11 Å². The van der Waals surface area contributed by atoms with Crippen LogP contribution in [0.3, 0.4) is 0 Å². The van der Waals surface area contributed by atoms with Crippen molar-refractivity contribution in [3.63, 3.8) is 0 Å². The van der Waals surface area contributed by atoms with Gasteiger partial charge in [-0.1, -0.05) is 30.1 Å². The number of aromatic nitrogens is 2. The van der Waals surface area contributed by atoms with Crippen molar-refractivity contribution in [2.24, 2.45) is 0 Å². The molecule has 0 spiro atoms. The molecular weight excluding hydrogens is 467 g/mol. The zero-order valence-corrected chi connectivity index (χ0v) is 21.1. The van der Waals surface area contributed by atoms with Crippen molar-refractivity contribution in [1.82, 2.24) is 14.9 Å². The van der Waals surface area contributed by atoms with E-state index in [0.717, 1.165) is 59.1 Å². The molecule has 1 atom stereocenters. The van der Waals surface area contributed by atoms with Gasteiger partial charge in [0.15, 0.2) is 0 Å². The largest absolute Gasteiger partial charge is 0.395 e. The predicted molar refractivity (Wildman–Crippen MR) is 144 cm³/mol. The van der Waals surface area contributed by atoms with Crippen LogP contribution in [0.2, 0.25) is 10.0 Å². The lowest BCUT2D eigenvalue weighted by atomic mass is 10.0. The normalized spacial score (nSPS) is 12.5. The maximum atomic E-state index is 9.32. The Labute approximate surface area is 210 Å². The SMILES string of the molecule is CCN(CCO)CCCC(C)N(c1ccnc2cc(Cl)ccc12)c1ccnc2cc(Cl)ccc12. The highest BCUT2D eigenvalue weighted by Crippen LogP contribution is 2.38. The Bertz CT molecular complexity index is 1180. The van der Waals surface area contributed by atoms with E-state index in [1.165, 1.54) is 0 Å². The summed E-state index contributed by atoms with van der Waals surface area (Å²) in [5.74, 6) is 0. The first-order chi connectivity index (χ1) is 16.5. The van der Waals surface area contributed by atoms with Crippen molar-refractivity contribution in [3.8, 4) is 0 Å². The lowest BCUT2D eigenvalue weighted by Gasteiger charge is -2.34. The van der Waals surface area contributed by atoms with Gasteiger partial charge >= 0.3 is 0 Å². The van der Waals surface area contributed by atoms with Gasteiger partial charge < -0.3 is 14.9 Å². The number of hydrogen-bond donors (Lipinski definition) is 1. The van der Waals surface area contributed by atoms with Gasteiger partial charge in [0.25, 0.3) is 0 Å². The lowest BCUT2D eigenvalue weighted by Crippen LogP contribution is -2.32. The fourth-order valence-corrected chi connectivity index (χ4v) is 4.88. The van der Waals surface area contributed by atoms with Crippen LogP contribution in [0.1, 0.15) is 26.7 Å². The summed E-state index contributed by atoms with van der Waals surface area (Å²) in [6, 6.07) is 16.1. The topological polar surface area (TPSA) is 52.5 Å². The van der Waals surface area contributed by atoms with Gasteiger partial charge in [-0.05, 0) is 81.4 Å². The van der Waals surface area contributed by atoms with Crippen LogP contribution in [0, 0.1) is 0 Å². The molecule has 1 N–H and O–H groups in total. The van der Waals surface area contributed by atoms with E-state index in [2.05, 4.69) is 45.7 Å². The van der Waals surface area contributed by atoms with Crippen LogP contribution in [0.4, 0.5) is 11.4 Å². The van der Waals surface area contributed by atoms with Gasteiger partial charge in [0.05, 0.1) is 29.0 Å². The first-order valence-electron chi connectivity index (χ1n) is 11.7. The van der Waals surface area contributed by atoms with Gasteiger partial charge in [0.1, 0.15) is 0 Å². The molecule has 0 fully saturated rings. The van der Waals surface area contributed by atoms with Gasteiger partial charge in [-0.15, -0.1) is 0 Å². The molecular formula is C27H30Cl2N4O. The van der Waals surface area contributed by atoms with Crippen LogP contribution in [0.5, 0.6) is 0 Å². The molecule has 0 saturated heterocycles. The number of rotatable bonds is 10. The highest BCUT2D eigenvalue weighted by atomic mass is 35.5. The Kier molecular flexibility index (Phi) is 8.22. The molecule has 0 amide bonds. The third-order valence-corrected chi connectivity index (χ3v) is 6.75. The fraction of sp³-hybridized carbons (Fsp3) is 0.333. The summed E-state index contributed by atoms with van der Waals surface area (Å²) in [5.41, 5.74) is 3.89. The Balaban J connectivity index is 1.77. The molecule has 0 aliphatic rings. The Morgan fingerprint density at radius 1 is 0.853 bits per heavy atom. The number of aliphatic hydroxyl groups is 1. The van der Waals surface area contributed by atoms with Crippen LogP contribution in [0.15, 0.2) is 60.9 Å². The number of likely N-dealkylation sites (N-methyl/N-ethyl adjacent to an activating group) is 1. The monoisotopic (exact) mass is 496 g/mol. The molecule has 0 bridgehead atoms. The van der Waals surface area contributed by atoms with E-state index in [0.29, 0.717) is 16.6 Å². The van der Waals surface area contributed by atoms with Gasteiger partial charge in [-0.3, -0.25) is 9.97 Å². The number of hydrogen-bond acceptors (Lipinski definition) is 5. The smallest absolute Gasteiger partial charge is 0.0737 e. The van der Waals surface area contributed by atoms with Gasteiger partial charge in [0.2, 0.25) is 0 Å². The molecule has 4 rings (SSSR count). The summed E-state index contributed by atoms with van der Waals surface area (Å²) in [6.45, 7) is 7.17. The van der Waals surface area contributed by atoms with Gasteiger partial charge in [0, 0.05) is 45.8 Å². The average molecular weight is 497 g/mol. The second kappa shape index (κ2) is 11.3. The summed E-state index contributed by atoms with van der Waals surface area (Å²) in [5, 5.41) is 12.8. The predicted octanol–water partition coefficient (Wildman–Crippen LogP) is 6.71. The summed E-state index contributed by atoms with van der Waals surface area (Å²) in [4.78, 5) is 13.8. The zero-order chi connectivity index (χ0) is 24.1. The number of benzene rings is 2. The van der Waals surface area contributed by atoms with E-state index in [9.17, 15) is 5.11 Å². The minimum absolute atomic E-state index is 0.187. The quantitative estimate of drug-likeness (QED) is 0.264. The van der Waals surface area contributed by atoms with Crippen LogP contribution in [-0.4, -0.2) is 52.3 Å². The zero-order valence-electron chi connectivity index (χ0n) is 19.6. The van der Waals surface area contributed by atoms with E-state index in [4.69, 9.17) is 23.2 Å². The number of pyridine rings is 2. The first kappa shape index (κ1) is 24.7. The molecule has 5 nitrogen and oxygen atoms in total. The van der Waals surface area contributed by atoms with Crippen LogP contribution >= 0.6 is 23.2 Å². The fourth-order valence-electron chi connectivity index (χ4n) is 4.55. The number of fused-ring (bicyclic) bond motifs is 2. The van der Waals surface area contributed by atoms with E-state index in [1.807, 2.05) is 48.8 Å². The molecule has 0 radical (unpaired) electrons. The van der Waals surface area contributed by atoms with Crippen LogP contribution in [-0.2, 0) is 0 Å². The molecule has 0 saturated carbocycles. The van der Waals surface area contributed by atoms with E-state index < -0.39 is 0 Å². The minimum Gasteiger partial charge on any atom is -0.395 e. The first-order valence-corrected chi connectivity index (χ1v) is 12.5. The highest BCUT2D eigenvalue weighted by molar-refractivity contribution is 6.31. The van der Waals surface area contributed by atoms with E-state index in [1.54, 1.807) is 0 Å². The number of anilines is 2. The third-order valence-electron chi connectivity index (χ3n) is 6.28. The summed E-state index contributed by atoms with van der Waals surface area (Å²) in [6.07, 6.45) is 5.69. The number of halogens is 2. The molecule has 178 valence electrons. The van der Waals surface area contributed by atoms with Gasteiger partial charge in [-0.2, -0.15) is 0 Å². The summed E-state index contributed by atoms with van der Waals surface area (Å²) < 4.78 is 0. The molecule has 0 aliphatic carbocycles. The van der Waals surface area contributed by atoms with Crippen LogP contribution < -0.4 is 4.90 Å². The second-order valence-electron chi connectivity index (χ2n) is 8.50. The summed E-state index contributed by atoms with van der Waals surface area (Å²) >= 11 is 12.5. The molecule has 1 unspecified atom stereocenters. The standard InChI is InChI=1S/C27H30Cl2N4O/c1-3-32(15-16-34)14-4-5-19(2)33(26-10-12-30-24-17-20(28)6-8-22(24)26)27-11-13-31-25-18-21(29)7-9-23(25)27/h6-13,17-19,34H,3-5,14-16H2,1-2H3. The lowest BCUT2D eigenvalue weighted by molar-refractivity contribution is 0.199. The van der Waals surface area contributed by atoms with Crippen LogP contribution in [0.25, 0.3) is 21.8 Å². The maximum Gasteiger partial charge on any atom is 0.0737 e. The molecule has 2 aromatic carbocycles. The Morgan fingerprint density at radius 3 is 1.91 bits per heavy atom.